The lowest BCUT2D eigenvalue weighted by Gasteiger charge is -2.42. The van der Waals surface area contributed by atoms with Crippen LogP contribution in [-0.2, 0) is 13.1 Å². The van der Waals surface area contributed by atoms with Gasteiger partial charge in [-0.3, -0.25) is 9.80 Å². The topological polar surface area (TPSA) is 6.48 Å². The van der Waals surface area contributed by atoms with Crippen molar-refractivity contribution in [3.8, 4) is 0 Å². The summed E-state index contributed by atoms with van der Waals surface area (Å²) in [5, 5.41) is 4.30. The first-order valence-electron chi connectivity index (χ1n) is 5.39. The van der Waals surface area contributed by atoms with E-state index in [1.54, 1.807) is 0 Å². The molecular formula is C12H14N2S2. The molecule has 0 bridgehead atoms. The van der Waals surface area contributed by atoms with Gasteiger partial charge in [-0.1, -0.05) is 12.1 Å². The SMILES string of the molecule is c1csc(CN2CN(Cc3cccs3)C2)c1. The van der Waals surface area contributed by atoms with Crippen molar-refractivity contribution in [1.29, 1.82) is 0 Å². The van der Waals surface area contributed by atoms with Gasteiger partial charge in [0.05, 0.1) is 13.3 Å². The number of nitrogens with zero attached hydrogens (tertiary/aromatic N) is 2. The first kappa shape index (κ1) is 10.5. The van der Waals surface area contributed by atoms with Crippen molar-refractivity contribution in [3.63, 3.8) is 0 Å². The number of hydrogen-bond acceptors (Lipinski definition) is 4. The Bertz CT molecular complexity index is 376. The van der Waals surface area contributed by atoms with Gasteiger partial charge in [-0.2, -0.15) is 0 Å². The second-order valence-corrected chi connectivity index (χ2v) is 6.16. The Balaban J connectivity index is 1.45. The van der Waals surface area contributed by atoms with Crippen molar-refractivity contribution in [3.05, 3.63) is 44.8 Å². The van der Waals surface area contributed by atoms with Gasteiger partial charge in [0, 0.05) is 22.8 Å². The lowest BCUT2D eigenvalue weighted by molar-refractivity contribution is -0.0409. The Kier molecular flexibility index (Phi) is 3.06. The van der Waals surface area contributed by atoms with Crippen molar-refractivity contribution < 1.29 is 0 Å². The van der Waals surface area contributed by atoms with E-state index in [9.17, 15) is 0 Å². The number of thiophene rings is 2. The lowest BCUT2D eigenvalue weighted by Crippen LogP contribution is -2.53. The van der Waals surface area contributed by atoms with Gasteiger partial charge in [0.25, 0.3) is 0 Å². The fourth-order valence-corrected chi connectivity index (χ4v) is 3.46. The molecule has 1 saturated heterocycles. The maximum Gasteiger partial charge on any atom is 0.0537 e. The van der Waals surface area contributed by atoms with Gasteiger partial charge in [0.1, 0.15) is 0 Å². The van der Waals surface area contributed by atoms with Gasteiger partial charge in [-0.25, -0.2) is 0 Å². The predicted molar refractivity (Wildman–Crippen MR) is 69.5 cm³/mol. The summed E-state index contributed by atoms with van der Waals surface area (Å²) in [6.07, 6.45) is 0. The standard InChI is InChI=1S/C12H14N2S2/c1-3-11(15-5-1)7-13-9-14(10-13)8-12-4-2-6-16-12/h1-6H,7-10H2. The summed E-state index contributed by atoms with van der Waals surface area (Å²) in [6.45, 7) is 4.43. The van der Waals surface area contributed by atoms with Crippen molar-refractivity contribution in [1.82, 2.24) is 9.80 Å². The fourth-order valence-electron chi connectivity index (χ4n) is 1.97. The molecule has 0 spiro atoms. The summed E-state index contributed by atoms with van der Waals surface area (Å²) in [4.78, 5) is 7.88. The fraction of sp³-hybridized carbons (Fsp3) is 0.333. The normalized spacial score (nSPS) is 17.5. The summed E-state index contributed by atoms with van der Waals surface area (Å²) in [6, 6.07) is 8.69. The van der Waals surface area contributed by atoms with E-state index in [-0.39, 0.29) is 0 Å². The van der Waals surface area contributed by atoms with Crippen LogP contribution >= 0.6 is 22.7 Å². The molecular weight excluding hydrogens is 236 g/mol. The Hall–Kier alpha value is -0.680. The summed E-state index contributed by atoms with van der Waals surface area (Å²) in [5.74, 6) is 0. The predicted octanol–water partition coefficient (Wildman–Crippen LogP) is 3.04. The second-order valence-electron chi connectivity index (χ2n) is 4.10. The van der Waals surface area contributed by atoms with E-state index in [0.717, 1.165) is 26.4 Å². The monoisotopic (exact) mass is 250 g/mol. The minimum atomic E-state index is 1.11. The highest BCUT2D eigenvalue weighted by molar-refractivity contribution is 7.10. The lowest BCUT2D eigenvalue weighted by atomic mass is 10.3. The summed E-state index contributed by atoms with van der Waals surface area (Å²) < 4.78 is 0. The van der Waals surface area contributed by atoms with Crippen molar-refractivity contribution in [2.45, 2.75) is 13.1 Å². The highest BCUT2D eigenvalue weighted by Crippen LogP contribution is 2.20. The summed E-state index contributed by atoms with van der Waals surface area (Å²) >= 11 is 3.70. The van der Waals surface area contributed by atoms with Gasteiger partial charge in [0.15, 0.2) is 0 Å². The molecule has 84 valence electrons. The van der Waals surface area contributed by atoms with Crippen LogP contribution in [0.15, 0.2) is 35.0 Å². The van der Waals surface area contributed by atoms with Gasteiger partial charge < -0.3 is 0 Å². The Labute approximate surface area is 104 Å². The average molecular weight is 250 g/mol. The van der Waals surface area contributed by atoms with E-state index in [0.29, 0.717) is 0 Å². The molecule has 0 amide bonds. The molecule has 0 unspecified atom stereocenters. The Morgan fingerprint density at radius 3 is 1.75 bits per heavy atom. The number of hydrogen-bond donors (Lipinski definition) is 0. The molecule has 0 atom stereocenters. The molecule has 3 heterocycles. The zero-order valence-corrected chi connectivity index (χ0v) is 10.6. The van der Waals surface area contributed by atoms with Crippen LogP contribution in [0.4, 0.5) is 0 Å². The highest BCUT2D eigenvalue weighted by atomic mass is 32.1. The van der Waals surface area contributed by atoms with Crippen LogP contribution in [0.25, 0.3) is 0 Å². The van der Waals surface area contributed by atoms with E-state index in [1.807, 2.05) is 22.7 Å². The maximum absolute atomic E-state index is 2.47. The molecule has 0 radical (unpaired) electrons. The largest absolute Gasteiger partial charge is 0.272 e. The molecule has 0 N–H and O–H groups in total. The van der Waals surface area contributed by atoms with Crippen molar-refractivity contribution >= 4 is 22.7 Å². The van der Waals surface area contributed by atoms with Gasteiger partial charge in [-0.05, 0) is 22.9 Å². The molecule has 0 aromatic carbocycles. The molecule has 4 heteroatoms. The summed E-state index contributed by atoms with van der Waals surface area (Å²) in [7, 11) is 0. The molecule has 1 aliphatic heterocycles. The summed E-state index contributed by atoms with van der Waals surface area (Å²) in [5.41, 5.74) is 0. The van der Waals surface area contributed by atoms with Crippen LogP contribution in [0.3, 0.4) is 0 Å². The van der Waals surface area contributed by atoms with Gasteiger partial charge in [0.2, 0.25) is 0 Å². The molecule has 0 aliphatic carbocycles. The third-order valence-corrected chi connectivity index (χ3v) is 4.44. The van der Waals surface area contributed by atoms with E-state index in [4.69, 9.17) is 0 Å². The van der Waals surface area contributed by atoms with Gasteiger partial charge in [-0.15, -0.1) is 22.7 Å². The van der Waals surface area contributed by atoms with Crippen LogP contribution in [0, 0.1) is 0 Å². The van der Waals surface area contributed by atoms with Crippen LogP contribution in [0.5, 0.6) is 0 Å². The average Bonchev–Trinajstić information content (AvgIpc) is 2.85. The van der Waals surface area contributed by atoms with Crippen LogP contribution in [0.2, 0.25) is 0 Å². The van der Waals surface area contributed by atoms with Crippen molar-refractivity contribution in [2.24, 2.45) is 0 Å². The van der Waals surface area contributed by atoms with E-state index < -0.39 is 0 Å². The molecule has 1 aliphatic rings. The molecule has 16 heavy (non-hydrogen) atoms. The molecule has 2 aromatic heterocycles. The first-order chi connectivity index (χ1) is 7.90. The van der Waals surface area contributed by atoms with E-state index in [1.165, 1.54) is 9.75 Å². The third kappa shape index (κ3) is 2.35. The zero-order chi connectivity index (χ0) is 10.8. The smallest absolute Gasteiger partial charge is 0.0537 e. The molecule has 0 saturated carbocycles. The molecule has 2 aromatic rings. The zero-order valence-electron chi connectivity index (χ0n) is 9.00. The minimum Gasteiger partial charge on any atom is -0.272 e. The molecule has 3 rings (SSSR count). The second kappa shape index (κ2) is 4.67. The van der Waals surface area contributed by atoms with Crippen LogP contribution < -0.4 is 0 Å². The minimum absolute atomic E-state index is 1.11. The Morgan fingerprint density at radius 1 is 0.875 bits per heavy atom. The van der Waals surface area contributed by atoms with Crippen molar-refractivity contribution in [2.75, 3.05) is 13.3 Å². The molecule has 2 nitrogen and oxygen atoms in total. The van der Waals surface area contributed by atoms with Gasteiger partial charge >= 0.3 is 0 Å². The maximum atomic E-state index is 2.47. The third-order valence-electron chi connectivity index (χ3n) is 2.72. The van der Waals surface area contributed by atoms with E-state index in [2.05, 4.69) is 44.8 Å². The van der Waals surface area contributed by atoms with Crippen LogP contribution in [-0.4, -0.2) is 23.1 Å². The number of rotatable bonds is 4. The quantitative estimate of drug-likeness (QED) is 0.823. The van der Waals surface area contributed by atoms with E-state index >= 15 is 0 Å². The highest BCUT2D eigenvalue weighted by Gasteiger charge is 2.23. The Morgan fingerprint density at radius 2 is 1.38 bits per heavy atom. The van der Waals surface area contributed by atoms with Crippen LogP contribution in [0.1, 0.15) is 9.75 Å². The first-order valence-corrected chi connectivity index (χ1v) is 7.15. The molecule has 1 fully saturated rings.